The molecule has 21 heavy (non-hydrogen) atoms. The van der Waals surface area contributed by atoms with Crippen molar-refractivity contribution in [3.05, 3.63) is 47.8 Å². The summed E-state index contributed by atoms with van der Waals surface area (Å²) in [5.41, 5.74) is 3.06. The summed E-state index contributed by atoms with van der Waals surface area (Å²) in [6, 6.07) is 10.8. The van der Waals surface area contributed by atoms with Crippen LogP contribution in [0.5, 0.6) is 11.5 Å². The van der Waals surface area contributed by atoms with Gasteiger partial charge in [-0.25, -0.2) is 4.39 Å². The lowest BCUT2D eigenvalue weighted by molar-refractivity contribution is 0.242. The molecule has 0 amide bonds. The lowest BCUT2D eigenvalue weighted by Crippen LogP contribution is -2.10. The summed E-state index contributed by atoms with van der Waals surface area (Å²) in [7, 11) is 0. The van der Waals surface area contributed by atoms with E-state index in [1.165, 1.54) is 17.7 Å². The van der Waals surface area contributed by atoms with Crippen molar-refractivity contribution in [1.82, 2.24) is 0 Å². The second-order valence-corrected chi connectivity index (χ2v) is 5.55. The van der Waals surface area contributed by atoms with E-state index in [4.69, 9.17) is 9.47 Å². The van der Waals surface area contributed by atoms with Gasteiger partial charge in [0.15, 0.2) is 0 Å². The van der Waals surface area contributed by atoms with Crippen LogP contribution in [0.3, 0.4) is 0 Å². The van der Waals surface area contributed by atoms with Gasteiger partial charge in [-0.2, -0.15) is 0 Å². The molecule has 0 unspecified atom stereocenters. The Morgan fingerprint density at radius 2 is 2.00 bits per heavy atom. The minimum absolute atomic E-state index is 0.00833. The highest BCUT2D eigenvalue weighted by molar-refractivity contribution is 5.77. The Balaban J connectivity index is 2.12. The summed E-state index contributed by atoms with van der Waals surface area (Å²) >= 11 is 0. The van der Waals surface area contributed by atoms with Crippen LogP contribution in [-0.4, -0.2) is 12.7 Å². The molecule has 2 aromatic rings. The molecule has 0 fully saturated rings. The Morgan fingerprint density at radius 3 is 2.81 bits per heavy atom. The van der Waals surface area contributed by atoms with Crippen LogP contribution < -0.4 is 9.47 Å². The number of aryl methyl sites for hydroxylation is 1. The summed E-state index contributed by atoms with van der Waals surface area (Å²) in [6.45, 7) is 4.60. The predicted molar refractivity (Wildman–Crippen MR) is 81.4 cm³/mol. The quantitative estimate of drug-likeness (QED) is 0.820. The van der Waals surface area contributed by atoms with Gasteiger partial charge >= 0.3 is 0 Å². The predicted octanol–water partition coefficient (Wildman–Crippen LogP) is 4.60. The Bertz CT molecular complexity index is 650. The van der Waals surface area contributed by atoms with Crippen molar-refractivity contribution >= 4 is 0 Å². The zero-order valence-corrected chi connectivity index (χ0v) is 12.4. The van der Waals surface area contributed by atoms with Gasteiger partial charge in [0.2, 0.25) is 0 Å². The van der Waals surface area contributed by atoms with E-state index in [2.05, 4.69) is 6.07 Å². The number of benzene rings is 2. The average molecular weight is 286 g/mol. The van der Waals surface area contributed by atoms with Gasteiger partial charge in [0.1, 0.15) is 17.3 Å². The molecule has 1 heterocycles. The minimum Gasteiger partial charge on any atom is -0.493 e. The molecule has 1 aliphatic heterocycles. The van der Waals surface area contributed by atoms with Gasteiger partial charge in [0.25, 0.3) is 0 Å². The Morgan fingerprint density at radius 1 is 1.14 bits per heavy atom. The molecule has 0 radical (unpaired) electrons. The van der Waals surface area contributed by atoms with E-state index in [0.29, 0.717) is 5.75 Å². The van der Waals surface area contributed by atoms with E-state index in [1.807, 2.05) is 26.0 Å². The second-order valence-electron chi connectivity index (χ2n) is 5.55. The number of para-hydroxylation sites is 1. The zero-order valence-electron chi connectivity index (χ0n) is 12.4. The van der Waals surface area contributed by atoms with E-state index >= 15 is 0 Å². The second kappa shape index (κ2) is 5.76. The molecular weight excluding hydrogens is 267 g/mol. The molecule has 0 saturated carbocycles. The first kappa shape index (κ1) is 13.9. The molecule has 0 saturated heterocycles. The Hall–Kier alpha value is -2.03. The molecule has 0 aromatic heterocycles. The van der Waals surface area contributed by atoms with Crippen LogP contribution in [0.25, 0.3) is 11.1 Å². The maximum Gasteiger partial charge on any atom is 0.130 e. The molecule has 0 N–H and O–H groups in total. The van der Waals surface area contributed by atoms with Crippen molar-refractivity contribution in [2.24, 2.45) is 0 Å². The van der Waals surface area contributed by atoms with Crippen molar-refractivity contribution in [2.45, 2.75) is 32.8 Å². The largest absolute Gasteiger partial charge is 0.493 e. The van der Waals surface area contributed by atoms with Crippen LogP contribution in [0.1, 0.15) is 25.8 Å². The smallest absolute Gasteiger partial charge is 0.130 e. The molecule has 2 aromatic carbocycles. The fourth-order valence-corrected chi connectivity index (χ4v) is 2.67. The van der Waals surface area contributed by atoms with Gasteiger partial charge in [-0.05, 0) is 44.4 Å². The lowest BCUT2D eigenvalue weighted by atomic mass is 9.97. The van der Waals surface area contributed by atoms with E-state index in [9.17, 15) is 4.39 Å². The van der Waals surface area contributed by atoms with Crippen molar-refractivity contribution in [1.29, 1.82) is 0 Å². The summed E-state index contributed by atoms with van der Waals surface area (Å²) in [5, 5.41) is 0. The van der Waals surface area contributed by atoms with Crippen molar-refractivity contribution in [3.8, 4) is 22.6 Å². The van der Waals surface area contributed by atoms with Crippen molar-refractivity contribution in [2.75, 3.05) is 6.61 Å². The van der Waals surface area contributed by atoms with Gasteiger partial charge in [0, 0.05) is 17.2 Å². The molecule has 0 atom stereocenters. The van der Waals surface area contributed by atoms with Gasteiger partial charge in [-0.15, -0.1) is 0 Å². The number of fused-ring (bicyclic) bond motifs is 1. The summed E-state index contributed by atoms with van der Waals surface area (Å²) < 4.78 is 25.2. The molecule has 0 spiro atoms. The third-order valence-corrected chi connectivity index (χ3v) is 3.53. The maximum atomic E-state index is 13.5. The number of hydrogen-bond donors (Lipinski definition) is 0. The fourth-order valence-electron chi connectivity index (χ4n) is 2.67. The van der Waals surface area contributed by atoms with Gasteiger partial charge in [-0.3, -0.25) is 0 Å². The molecule has 0 bridgehead atoms. The maximum absolute atomic E-state index is 13.5. The van der Waals surface area contributed by atoms with E-state index in [-0.39, 0.29) is 11.9 Å². The van der Waals surface area contributed by atoms with Crippen LogP contribution in [0, 0.1) is 5.82 Å². The molecule has 0 aliphatic carbocycles. The van der Waals surface area contributed by atoms with E-state index in [1.54, 1.807) is 6.07 Å². The zero-order chi connectivity index (χ0) is 14.8. The topological polar surface area (TPSA) is 18.5 Å². The van der Waals surface area contributed by atoms with Crippen LogP contribution in [0.2, 0.25) is 0 Å². The monoisotopic (exact) mass is 286 g/mol. The highest BCUT2D eigenvalue weighted by Crippen LogP contribution is 2.40. The first-order chi connectivity index (χ1) is 10.1. The highest BCUT2D eigenvalue weighted by atomic mass is 19.1. The minimum atomic E-state index is -0.292. The lowest BCUT2D eigenvalue weighted by Gasteiger charge is -2.22. The summed E-state index contributed by atoms with van der Waals surface area (Å²) in [6.07, 6.45) is 2.05. The molecule has 2 nitrogen and oxygen atoms in total. The summed E-state index contributed by atoms with van der Waals surface area (Å²) in [5.74, 6) is 1.18. The fraction of sp³-hybridized carbons (Fsp3) is 0.333. The Kier molecular flexibility index (Phi) is 3.82. The van der Waals surface area contributed by atoms with Gasteiger partial charge in [-0.1, -0.05) is 18.2 Å². The number of halogens is 1. The molecule has 3 heteroatoms. The van der Waals surface area contributed by atoms with Crippen molar-refractivity contribution < 1.29 is 13.9 Å². The first-order valence-corrected chi connectivity index (χ1v) is 7.36. The Labute approximate surface area is 124 Å². The normalized spacial score (nSPS) is 13.7. The third-order valence-electron chi connectivity index (χ3n) is 3.53. The standard InChI is InChI=1S/C18H19FO2/c1-12(2)21-17-11-14(19)8-9-15(17)16-7-3-5-13-6-4-10-20-18(13)16/h3,5,7-9,11-12H,4,6,10H2,1-2H3. The molecule has 110 valence electrons. The van der Waals surface area contributed by atoms with E-state index < -0.39 is 0 Å². The van der Waals surface area contributed by atoms with Crippen LogP contribution in [0.15, 0.2) is 36.4 Å². The van der Waals surface area contributed by atoms with Gasteiger partial charge in [0.05, 0.1) is 12.7 Å². The third kappa shape index (κ3) is 2.87. The van der Waals surface area contributed by atoms with Crippen LogP contribution in [0.4, 0.5) is 4.39 Å². The molecule has 3 rings (SSSR count). The SMILES string of the molecule is CC(C)Oc1cc(F)ccc1-c1cccc2c1OCCC2. The van der Waals surface area contributed by atoms with Crippen molar-refractivity contribution in [3.63, 3.8) is 0 Å². The van der Waals surface area contributed by atoms with Crippen LogP contribution >= 0.6 is 0 Å². The average Bonchev–Trinajstić information content (AvgIpc) is 2.46. The number of ether oxygens (including phenoxy) is 2. The van der Waals surface area contributed by atoms with E-state index in [0.717, 1.165) is 36.3 Å². The number of rotatable bonds is 3. The van der Waals surface area contributed by atoms with Gasteiger partial charge < -0.3 is 9.47 Å². The molecular formula is C18H19FO2. The number of hydrogen-bond acceptors (Lipinski definition) is 2. The first-order valence-electron chi connectivity index (χ1n) is 7.36. The van der Waals surface area contributed by atoms with Crippen LogP contribution in [-0.2, 0) is 6.42 Å². The molecule has 1 aliphatic rings. The summed E-state index contributed by atoms with van der Waals surface area (Å²) in [4.78, 5) is 0. The highest BCUT2D eigenvalue weighted by Gasteiger charge is 2.18.